The van der Waals surface area contributed by atoms with E-state index >= 15 is 0 Å². The normalized spacial score (nSPS) is 11.3. The first kappa shape index (κ1) is 20.6. The SMILES string of the molecule is N#Cc1nn(-c2c(Cl)cc(C(F)(F)F)cc2Cl)c(N)c1C(Br)=C(Br)Br. The van der Waals surface area contributed by atoms with Crippen molar-refractivity contribution in [3.05, 3.63) is 42.4 Å². The smallest absolute Gasteiger partial charge is 0.383 e. The molecule has 4 nitrogen and oxygen atoms in total. The molecular weight excluding hydrogens is 580 g/mol. The topological polar surface area (TPSA) is 67.6 Å². The van der Waals surface area contributed by atoms with Gasteiger partial charge in [0.25, 0.3) is 0 Å². The molecule has 2 N–H and O–H groups in total. The van der Waals surface area contributed by atoms with Crippen LogP contribution in [-0.4, -0.2) is 9.78 Å². The van der Waals surface area contributed by atoms with Crippen molar-refractivity contribution in [2.24, 2.45) is 0 Å². The molecule has 0 fully saturated rings. The van der Waals surface area contributed by atoms with Crippen molar-refractivity contribution < 1.29 is 13.2 Å². The Bertz CT molecular complexity index is 905. The number of benzene rings is 1. The highest BCUT2D eigenvalue weighted by Crippen LogP contribution is 2.41. The predicted molar refractivity (Wildman–Crippen MR) is 101 cm³/mol. The number of halogens is 8. The van der Waals surface area contributed by atoms with Crippen molar-refractivity contribution in [1.82, 2.24) is 9.78 Å². The van der Waals surface area contributed by atoms with E-state index in [-0.39, 0.29) is 32.8 Å². The third-order valence-corrected chi connectivity index (χ3v) is 6.19. The van der Waals surface area contributed by atoms with Crippen LogP contribution >= 0.6 is 71.0 Å². The van der Waals surface area contributed by atoms with Crippen molar-refractivity contribution in [2.45, 2.75) is 6.18 Å². The number of alkyl halides is 3. The summed E-state index contributed by atoms with van der Waals surface area (Å²) in [6, 6.07) is 3.27. The molecule has 1 heterocycles. The first-order valence-corrected chi connectivity index (χ1v) is 9.18. The lowest BCUT2D eigenvalue weighted by Crippen LogP contribution is -2.08. The number of hydrogen-bond acceptors (Lipinski definition) is 3. The Labute approximate surface area is 174 Å². The Hall–Kier alpha value is -0.730. The van der Waals surface area contributed by atoms with Crippen molar-refractivity contribution in [1.29, 1.82) is 5.26 Å². The van der Waals surface area contributed by atoms with E-state index < -0.39 is 11.7 Å². The molecule has 1 aromatic heterocycles. The molecule has 0 aliphatic heterocycles. The molecular formula is C13H4Br3Cl2F3N4. The summed E-state index contributed by atoms with van der Waals surface area (Å²) in [6.07, 6.45) is -4.61. The maximum atomic E-state index is 12.8. The van der Waals surface area contributed by atoms with Gasteiger partial charge in [-0.05, 0) is 59.9 Å². The fraction of sp³-hybridized carbons (Fsp3) is 0.0769. The first-order chi connectivity index (χ1) is 11.5. The second-order valence-electron chi connectivity index (χ2n) is 4.49. The van der Waals surface area contributed by atoms with E-state index in [4.69, 9.17) is 28.9 Å². The Morgan fingerprint density at radius 1 is 1.20 bits per heavy atom. The van der Waals surface area contributed by atoms with Gasteiger partial charge in [-0.15, -0.1) is 0 Å². The lowest BCUT2D eigenvalue weighted by atomic mass is 10.2. The summed E-state index contributed by atoms with van der Waals surface area (Å²) in [4.78, 5) is 0. The first-order valence-electron chi connectivity index (χ1n) is 6.05. The molecule has 12 heteroatoms. The Balaban J connectivity index is 2.78. The molecule has 132 valence electrons. The summed E-state index contributed by atoms with van der Waals surface area (Å²) in [5.74, 6) is -0.0385. The van der Waals surface area contributed by atoms with Crippen molar-refractivity contribution in [3.63, 3.8) is 0 Å². The lowest BCUT2D eigenvalue weighted by molar-refractivity contribution is -0.137. The molecule has 2 aromatic rings. The lowest BCUT2D eigenvalue weighted by Gasteiger charge is -2.13. The maximum absolute atomic E-state index is 12.8. The average molecular weight is 584 g/mol. The zero-order valence-corrected chi connectivity index (χ0v) is 17.9. The number of nitrogens with two attached hydrogens (primary N) is 1. The van der Waals surface area contributed by atoms with Crippen LogP contribution in [0.15, 0.2) is 15.5 Å². The van der Waals surface area contributed by atoms with Crippen LogP contribution in [0, 0.1) is 11.3 Å². The van der Waals surface area contributed by atoms with Crippen LogP contribution in [0.3, 0.4) is 0 Å². The van der Waals surface area contributed by atoms with E-state index in [0.29, 0.717) is 20.0 Å². The van der Waals surface area contributed by atoms with Crippen LogP contribution in [0.5, 0.6) is 0 Å². The summed E-state index contributed by atoms with van der Waals surface area (Å²) in [5.41, 5.74) is 5.08. The number of nitrogen functional groups attached to an aromatic ring is 1. The zero-order chi connectivity index (χ0) is 19.1. The van der Waals surface area contributed by atoms with Crippen molar-refractivity contribution in [3.8, 4) is 11.8 Å². The van der Waals surface area contributed by atoms with Crippen LogP contribution in [-0.2, 0) is 6.18 Å². The minimum atomic E-state index is -4.61. The molecule has 0 unspecified atom stereocenters. The van der Waals surface area contributed by atoms with Crippen LogP contribution < -0.4 is 5.73 Å². The maximum Gasteiger partial charge on any atom is 0.416 e. The van der Waals surface area contributed by atoms with Gasteiger partial charge in [0.05, 0.1) is 29.0 Å². The second-order valence-corrected chi connectivity index (χ2v) is 8.75. The van der Waals surface area contributed by atoms with E-state index in [9.17, 15) is 18.4 Å². The number of nitriles is 1. The van der Waals surface area contributed by atoms with Gasteiger partial charge in [-0.25, -0.2) is 4.68 Å². The van der Waals surface area contributed by atoms with Crippen molar-refractivity contribution >= 4 is 81.3 Å². The quantitative estimate of drug-likeness (QED) is 0.441. The van der Waals surface area contributed by atoms with E-state index in [1.54, 1.807) is 0 Å². The molecule has 0 radical (unpaired) electrons. The summed E-state index contributed by atoms with van der Waals surface area (Å²) in [6.45, 7) is 0. The molecule has 0 bridgehead atoms. The zero-order valence-electron chi connectivity index (χ0n) is 11.6. The summed E-state index contributed by atoms with van der Waals surface area (Å²) < 4.78 is 40.4. The Kier molecular flexibility index (Phi) is 6.16. The number of nitrogens with zero attached hydrogens (tertiary/aromatic N) is 3. The highest BCUT2D eigenvalue weighted by molar-refractivity contribution is 9.29. The van der Waals surface area contributed by atoms with Gasteiger partial charge in [0.15, 0.2) is 5.69 Å². The van der Waals surface area contributed by atoms with Crippen LogP contribution in [0.1, 0.15) is 16.8 Å². The molecule has 0 saturated heterocycles. The summed E-state index contributed by atoms with van der Waals surface area (Å²) in [7, 11) is 0. The van der Waals surface area contributed by atoms with E-state index in [0.717, 1.165) is 4.68 Å². The molecule has 25 heavy (non-hydrogen) atoms. The second kappa shape index (κ2) is 7.48. The largest absolute Gasteiger partial charge is 0.416 e. The van der Waals surface area contributed by atoms with Crippen LogP contribution in [0.2, 0.25) is 10.0 Å². The third kappa shape index (κ3) is 4.01. The molecule has 0 aliphatic rings. The van der Waals surface area contributed by atoms with Crippen molar-refractivity contribution in [2.75, 3.05) is 5.73 Å². The fourth-order valence-electron chi connectivity index (χ4n) is 1.92. The fourth-order valence-corrected chi connectivity index (χ4v) is 3.36. The summed E-state index contributed by atoms with van der Waals surface area (Å²) >= 11 is 21.5. The highest BCUT2D eigenvalue weighted by atomic mass is 79.9. The van der Waals surface area contributed by atoms with Gasteiger partial charge in [0.2, 0.25) is 0 Å². The third-order valence-electron chi connectivity index (χ3n) is 2.97. The van der Waals surface area contributed by atoms with Gasteiger partial charge < -0.3 is 5.73 Å². The van der Waals surface area contributed by atoms with Gasteiger partial charge in [-0.1, -0.05) is 23.2 Å². The van der Waals surface area contributed by atoms with Crippen LogP contribution in [0.25, 0.3) is 10.2 Å². The molecule has 0 aliphatic carbocycles. The minimum Gasteiger partial charge on any atom is -0.383 e. The number of rotatable bonds is 2. The molecule has 2 rings (SSSR count). The molecule has 0 amide bonds. The number of hydrogen-bond donors (Lipinski definition) is 1. The van der Waals surface area contributed by atoms with Gasteiger partial charge in [0.1, 0.15) is 17.6 Å². The predicted octanol–water partition coefficient (Wildman–Crippen LogP) is 6.46. The Morgan fingerprint density at radius 3 is 2.12 bits per heavy atom. The molecule has 0 spiro atoms. The standard InChI is InChI=1S/C13H4Br3Cl2F3N4/c14-9(11(15)16)8-7(3-22)24-25(12(8)23)10-5(17)1-4(2-6(10)18)13(19,20)21/h1-2H,23H2. The minimum absolute atomic E-state index is 0.0385. The number of aromatic nitrogens is 2. The van der Waals surface area contributed by atoms with E-state index in [1.165, 1.54) is 0 Å². The highest BCUT2D eigenvalue weighted by Gasteiger charge is 2.33. The number of anilines is 1. The monoisotopic (exact) mass is 580 g/mol. The summed E-state index contributed by atoms with van der Waals surface area (Å²) in [5, 5.41) is 12.6. The molecule has 1 aromatic carbocycles. The average Bonchev–Trinajstić information content (AvgIpc) is 2.81. The van der Waals surface area contributed by atoms with E-state index in [1.807, 2.05) is 6.07 Å². The van der Waals surface area contributed by atoms with Gasteiger partial charge in [0, 0.05) is 0 Å². The van der Waals surface area contributed by atoms with Gasteiger partial charge in [-0.3, -0.25) is 0 Å². The Morgan fingerprint density at radius 2 is 1.72 bits per heavy atom. The van der Waals surface area contributed by atoms with E-state index in [2.05, 4.69) is 52.9 Å². The van der Waals surface area contributed by atoms with Crippen LogP contribution in [0.4, 0.5) is 19.0 Å². The molecule has 0 saturated carbocycles. The van der Waals surface area contributed by atoms with Gasteiger partial charge >= 0.3 is 6.18 Å². The molecule has 0 atom stereocenters. The van der Waals surface area contributed by atoms with Gasteiger partial charge in [-0.2, -0.15) is 23.5 Å².